The number of aliphatic imine (C=N–C) groups is 1. The molecule has 460 valence electrons. The molecule has 0 bridgehead atoms. The highest BCUT2D eigenvalue weighted by Gasteiger charge is 2.29. The third-order valence-corrected chi connectivity index (χ3v) is 13.4. The molecular formula is C56H83N15O13. The molecule has 0 saturated carbocycles. The minimum atomic E-state index is -1.05. The molecule has 1 aliphatic rings. The van der Waals surface area contributed by atoms with Gasteiger partial charge in [-0.15, -0.1) is 0 Å². The van der Waals surface area contributed by atoms with Crippen LogP contribution in [-0.4, -0.2) is 229 Å². The van der Waals surface area contributed by atoms with Crippen molar-refractivity contribution in [2.75, 3.05) is 123 Å². The fraction of sp³-hybridized carbons (Fsp3) is 0.500. The maximum absolute atomic E-state index is 14.4. The van der Waals surface area contributed by atoms with E-state index in [2.05, 4.69) is 47.5 Å². The molecule has 0 aliphatic carbocycles. The van der Waals surface area contributed by atoms with E-state index in [1.165, 1.54) is 12.1 Å². The number of nitrogens with zero attached hydrogens (tertiary/aromatic N) is 5. The van der Waals surface area contributed by atoms with Gasteiger partial charge in [0.25, 0.3) is 0 Å². The molecule has 0 radical (unpaired) electrons. The molecule has 1 saturated heterocycles. The summed E-state index contributed by atoms with van der Waals surface area (Å²) in [6.07, 6.45) is 1.47. The lowest BCUT2D eigenvalue weighted by molar-refractivity contribution is -0.140. The lowest BCUT2D eigenvalue weighted by Crippen LogP contribution is -2.49. The van der Waals surface area contributed by atoms with E-state index < -0.39 is 53.8 Å². The van der Waals surface area contributed by atoms with Crippen LogP contribution in [0.3, 0.4) is 0 Å². The Hall–Kier alpha value is -8.44. The number of anilines is 1. The van der Waals surface area contributed by atoms with Crippen LogP contribution in [0.4, 0.5) is 10.5 Å². The van der Waals surface area contributed by atoms with Crippen LogP contribution >= 0.6 is 0 Å². The SMILES string of the molecule is CCC(=O)NCCNC(=O)/N=C(/N)NCCC[C@@H](NC(=O)C(c1ccccc1)c1ccc(NCCNC(=O)[C@H](N)CCCNC(=O)CN2CCN(CC(=O)O)CCN(CC(=O)O)CCN(CC(=O)O)CC2)cc1)C(=O)NCc1ccc(O)cc1. The second-order valence-electron chi connectivity index (χ2n) is 20.0. The van der Waals surface area contributed by atoms with Crippen molar-refractivity contribution in [2.45, 2.75) is 63.6 Å². The lowest BCUT2D eigenvalue weighted by Gasteiger charge is -2.32. The van der Waals surface area contributed by atoms with Gasteiger partial charge in [-0.3, -0.25) is 58.0 Å². The smallest absolute Gasteiger partial charge is 0.344 e. The van der Waals surface area contributed by atoms with Crippen LogP contribution in [0.1, 0.15) is 61.6 Å². The van der Waals surface area contributed by atoms with Crippen LogP contribution in [0.25, 0.3) is 0 Å². The van der Waals surface area contributed by atoms with E-state index in [1.54, 1.807) is 58.0 Å². The van der Waals surface area contributed by atoms with Crippen molar-refractivity contribution < 1.29 is 63.6 Å². The third kappa shape index (κ3) is 27.6. The molecule has 1 fully saturated rings. The summed E-state index contributed by atoms with van der Waals surface area (Å²) in [5, 5.41) is 60.9. The number of hydrogen-bond donors (Lipinski definition) is 14. The average molecular weight is 1170 g/mol. The van der Waals surface area contributed by atoms with Crippen molar-refractivity contribution in [3.63, 3.8) is 0 Å². The van der Waals surface area contributed by atoms with Crippen molar-refractivity contribution >= 4 is 65.1 Å². The first-order chi connectivity index (χ1) is 40.3. The van der Waals surface area contributed by atoms with E-state index in [1.807, 2.05) is 35.2 Å². The van der Waals surface area contributed by atoms with Gasteiger partial charge in [-0.2, -0.15) is 4.99 Å². The topological polar surface area (TPSA) is 408 Å². The normalized spacial score (nSPS) is 15.1. The van der Waals surface area contributed by atoms with Gasteiger partial charge in [0, 0.05) is 110 Å². The number of guanidine groups is 1. The molecule has 1 heterocycles. The Kier molecular flexibility index (Phi) is 30.5. The standard InChI is InChI=1S/C56H83N15O13/c1-2-46(73)61-23-25-64-56(84)67-55(58)63-21-7-11-45(53(82)65-34-39-12-18-43(72)19-13-39)66-54(83)51(40-8-4-3-5-9-40)41-14-16-42(17-15-41)59-22-24-62-52(81)44(57)10-6-20-60-47(74)35-68-26-28-69(36-48(75)76)30-32-71(38-50(79)80)33-31-70(29-27-68)37-49(77)78/h3-5,8-9,12-19,44-45,51,59,72H,2,6-7,10-11,20-38,57H2,1H3,(H,60,74)(H,61,73)(H,62,81)(H,65,82)(H,66,83)(H,75,76)(H,77,78)(H,79,80)(H4,58,63,64,67,84)/t44-,45-,51?/m1/s1. The summed E-state index contributed by atoms with van der Waals surface area (Å²) < 4.78 is 0. The Balaban J connectivity index is 1.27. The number of urea groups is 1. The largest absolute Gasteiger partial charge is 0.508 e. The van der Waals surface area contributed by atoms with Crippen LogP contribution in [0.15, 0.2) is 83.9 Å². The summed E-state index contributed by atoms with van der Waals surface area (Å²) in [7, 11) is 0. The highest BCUT2D eigenvalue weighted by Crippen LogP contribution is 2.27. The summed E-state index contributed by atoms with van der Waals surface area (Å²) in [5.74, 6) is -5.82. The molecule has 3 aromatic rings. The number of aliphatic carboxylic acids is 3. The summed E-state index contributed by atoms with van der Waals surface area (Å²) >= 11 is 0. The van der Waals surface area contributed by atoms with Gasteiger partial charge in [-0.05, 0) is 66.6 Å². The van der Waals surface area contributed by atoms with E-state index in [9.17, 15) is 63.6 Å². The molecular weight excluding hydrogens is 1090 g/mol. The second-order valence-corrected chi connectivity index (χ2v) is 20.0. The Morgan fingerprint density at radius 2 is 1.04 bits per heavy atom. The maximum Gasteiger partial charge on any atom is 0.344 e. The summed E-state index contributed by atoms with van der Waals surface area (Å²) in [6, 6.07) is 20.0. The zero-order chi connectivity index (χ0) is 61.2. The monoisotopic (exact) mass is 1170 g/mol. The number of phenols is 1. The number of amides is 7. The molecule has 28 nitrogen and oxygen atoms in total. The lowest BCUT2D eigenvalue weighted by atomic mass is 9.90. The summed E-state index contributed by atoms with van der Waals surface area (Å²) in [6.45, 7) is 4.46. The number of nitrogens with two attached hydrogens (primary N) is 2. The molecule has 28 heteroatoms. The first kappa shape index (κ1) is 68.1. The number of carbonyl (C=O) groups excluding carboxylic acids is 6. The van der Waals surface area contributed by atoms with Crippen LogP contribution in [0.2, 0.25) is 0 Å². The van der Waals surface area contributed by atoms with Gasteiger partial charge in [-0.25, -0.2) is 4.79 Å². The molecule has 4 rings (SSSR count). The predicted molar refractivity (Wildman–Crippen MR) is 313 cm³/mol. The quantitative estimate of drug-likeness (QED) is 0.0192. The van der Waals surface area contributed by atoms with Gasteiger partial charge in [0.2, 0.25) is 29.5 Å². The molecule has 1 unspecified atom stereocenters. The molecule has 84 heavy (non-hydrogen) atoms. The Labute approximate surface area is 488 Å². The van der Waals surface area contributed by atoms with Gasteiger partial charge >= 0.3 is 23.9 Å². The van der Waals surface area contributed by atoms with E-state index in [-0.39, 0.29) is 147 Å². The zero-order valence-electron chi connectivity index (χ0n) is 47.6. The van der Waals surface area contributed by atoms with Gasteiger partial charge in [-0.1, -0.05) is 61.5 Å². The number of benzene rings is 3. The number of carboxylic acids is 3. The minimum Gasteiger partial charge on any atom is -0.508 e. The van der Waals surface area contributed by atoms with Crippen molar-refractivity contribution in [1.29, 1.82) is 0 Å². The molecule has 0 spiro atoms. The molecule has 7 amide bonds. The molecule has 16 N–H and O–H groups in total. The van der Waals surface area contributed by atoms with E-state index >= 15 is 0 Å². The van der Waals surface area contributed by atoms with Gasteiger partial charge in [0.1, 0.15) is 11.8 Å². The molecule has 0 aromatic heterocycles. The Bertz CT molecular complexity index is 2580. The summed E-state index contributed by atoms with van der Waals surface area (Å²) in [5.41, 5.74) is 14.9. The minimum absolute atomic E-state index is 0.0477. The Morgan fingerprint density at radius 3 is 1.60 bits per heavy atom. The fourth-order valence-electron chi connectivity index (χ4n) is 8.84. The number of hydrogen-bond acceptors (Lipinski definition) is 16. The third-order valence-electron chi connectivity index (χ3n) is 13.4. The van der Waals surface area contributed by atoms with Gasteiger partial charge < -0.3 is 74.4 Å². The van der Waals surface area contributed by atoms with E-state index in [4.69, 9.17) is 11.5 Å². The predicted octanol–water partition coefficient (Wildman–Crippen LogP) is -1.53. The zero-order valence-corrected chi connectivity index (χ0v) is 47.6. The number of aromatic hydroxyl groups is 1. The number of phenolic OH excluding ortho intramolecular Hbond substituents is 1. The van der Waals surface area contributed by atoms with Crippen LogP contribution in [-0.2, 0) is 44.9 Å². The number of carbonyl (C=O) groups is 9. The van der Waals surface area contributed by atoms with Crippen LogP contribution < -0.4 is 54.0 Å². The van der Waals surface area contributed by atoms with Crippen molar-refractivity contribution in [2.24, 2.45) is 16.5 Å². The van der Waals surface area contributed by atoms with E-state index in [0.29, 0.717) is 55.7 Å². The number of nitrogens with one attached hydrogen (secondary N) is 8. The summed E-state index contributed by atoms with van der Waals surface area (Å²) in [4.78, 5) is 123. The van der Waals surface area contributed by atoms with Crippen LogP contribution in [0, 0.1) is 0 Å². The first-order valence-corrected chi connectivity index (χ1v) is 28.0. The first-order valence-electron chi connectivity index (χ1n) is 28.0. The van der Waals surface area contributed by atoms with Gasteiger partial charge in [0.15, 0.2) is 5.96 Å². The molecule has 3 aromatic carbocycles. The average Bonchev–Trinajstić information content (AvgIpc) is 3.65. The van der Waals surface area contributed by atoms with Crippen LogP contribution in [0.5, 0.6) is 5.75 Å². The molecule has 3 atom stereocenters. The maximum atomic E-state index is 14.4. The highest BCUT2D eigenvalue weighted by molar-refractivity contribution is 5.93. The molecule has 1 aliphatic heterocycles. The van der Waals surface area contributed by atoms with E-state index in [0.717, 1.165) is 5.56 Å². The van der Waals surface area contributed by atoms with Gasteiger partial charge in [0.05, 0.1) is 38.1 Å². The van der Waals surface area contributed by atoms with Crippen molar-refractivity contribution in [3.8, 4) is 5.75 Å². The highest BCUT2D eigenvalue weighted by atomic mass is 16.4. The number of carboxylic acid groups (broad SMARTS) is 3. The van der Waals surface area contributed by atoms with Crippen molar-refractivity contribution in [3.05, 3.63) is 95.6 Å². The Morgan fingerprint density at radius 1 is 0.536 bits per heavy atom. The van der Waals surface area contributed by atoms with Crippen molar-refractivity contribution in [1.82, 2.24) is 56.8 Å². The second kappa shape index (κ2) is 37.6. The fourth-order valence-corrected chi connectivity index (χ4v) is 8.84. The number of rotatable bonds is 32.